The highest BCUT2D eigenvalue weighted by Gasteiger charge is 2.69. The third-order valence-corrected chi connectivity index (χ3v) is 12.8. The van der Waals surface area contributed by atoms with Gasteiger partial charge < -0.3 is 9.13 Å². The molecule has 246 valence electrons. The summed E-state index contributed by atoms with van der Waals surface area (Å²) >= 11 is 0. The van der Waals surface area contributed by atoms with Gasteiger partial charge in [0, 0.05) is 45.3 Å². The van der Waals surface area contributed by atoms with Gasteiger partial charge >= 0.3 is 5.66 Å². The number of pyridine rings is 1. The first kappa shape index (κ1) is 26.8. The molecule has 3 aliphatic heterocycles. The minimum absolute atomic E-state index is 0.707. The van der Waals surface area contributed by atoms with Crippen LogP contribution in [0, 0.1) is 13.8 Å². The van der Waals surface area contributed by atoms with Gasteiger partial charge in [-0.05, 0) is 61.5 Å². The molecule has 0 radical (unpaired) electrons. The molecule has 14 rings (SSSR count). The Morgan fingerprint density at radius 1 is 0.472 bits per heavy atom. The highest BCUT2D eigenvalue weighted by molar-refractivity contribution is 6.22. The number of para-hydroxylation sites is 4. The molecule has 0 saturated carbocycles. The van der Waals surface area contributed by atoms with Crippen molar-refractivity contribution in [3.8, 4) is 22.9 Å². The molecule has 1 spiro atoms. The molecular formula is C47H30N6+2. The van der Waals surface area contributed by atoms with Crippen LogP contribution in [-0.2, 0) is 5.66 Å². The summed E-state index contributed by atoms with van der Waals surface area (Å²) in [4.78, 5) is 0. The van der Waals surface area contributed by atoms with Gasteiger partial charge in [0.2, 0.25) is 5.69 Å². The number of benzene rings is 6. The predicted octanol–water partition coefficient (Wildman–Crippen LogP) is 9.20. The van der Waals surface area contributed by atoms with E-state index in [4.69, 9.17) is 0 Å². The molecule has 11 aromatic rings. The molecule has 6 aromatic carbocycles. The molecule has 0 amide bonds. The summed E-state index contributed by atoms with van der Waals surface area (Å²) < 4.78 is 15.4. The normalized spacial score (nSPS) is 16.2. The van der Waals surface area contributed by atoms with E-state index in [2.05, 4.69) is 187 Å². The number of hydrogen-bond donors (Lipinski definition) is 0. The fraction of sp³-hybridized carbons (Fsp3) is 0.0638. The summed E-state index contributed by atoms with van der Waals surface area (Å²) in [5, 5.41) is 7.70. The van der Waals surface area contributed by atoms with E-state index in [0.717, 1.165) is 5.82 Å². The zero-order valence-corrected chi connectivity index (χ0v) is 29.0. The summed E-state index contributed by atoms with van der Waals surface area (Å²) in [6.45, 7) is 4.66. The fourth-order valence-electron chi connectivity index (χ4n) is 11.1. The third kappa shape index (κ3) is 2.64. The second-order valence-electron chi connectivity index (χ2n) is 15.0. The van der Waals surface area contributed by atoms with Crippen molar-refractivity contribution in [1.29, 1.82) is 0 Å². The van der Waals surface area contributed by atoms with Crippen molar-refractivity contribution < 1.29 is 9.25 Å². The molecule has 0 fully saturated rings. The molecule has 0 bridgehead atoms. The van der Waals surface area contributed by atoms with E-state index in [1.165, 1.54) is 105 Å². The fourth-order valence-corrected chi connectivity index (χ4v) is 11.1. The van der Waals surface area contributed by atoms with E-state index in [0.29, 0.717) is 0 Å². The van der Waals surface area contributed by atoms with Gasteiger partial charge in [-0.1, -0.05) is 83.5 Å². The Labute approximate surface area is 302 Å². The second kappa shape index (κ2) is 8.57. The summed E-state index contributed by atoms with van der Waals surface area (Å²) in [7, 11) is 0. The SMILES string of the molecule is Cc1c(-n2c3ccccc3c3ccccc32)c(C)[n+]2n1-c1cccc3c1C21c2c4c(cc5c6ccccc6n(c25)-c2cccc[n+]21)c1ccccc1n4-3. The Hall–Kier alpha value is -6.92. The van der Waals surface area contributed by atoms with Crippen LogP contribution in [0.3, 0.4) is 0 Å². The number of fused-ring (bicyclic) bond motifs is 14. The van der Waals surface area contributed by atoms with Crippen molar-refractivity contribution in [2.24, 2.45) is 0 Å². The van der Waals surface area contributed by atoms with Crippen molar-refractivity contribution in [2.45, 2.75) is 19.5 Å². The average molecular weight is 679 g/mol. The summed E-state index contributed by atoms with van der Waals surface area (Å²) in [6.07, 6.45) is 2.32. The lowest BCUT2D eigenvalue weighted by Crippen LogP contribution is -2.77. The lowest BCUT2D eigenvalue weighted by Gasteiger charge is -2.33. The maximum atomic E-state index is 2.65. The Morgan fingerprint density at radius 3 is 1.66 bits per heavy atom. The maximum absolute atomic E-state index is 2.65. The first-order valence-electron chi connectivity index (χ1n) is 18.5. The highest BCUT2D eigenvalue weighted by Crippen LogP contribution is 2.55. The monoisotopic (exact) mass is 678 g/mol. The highest BCUT2D eigenvalue weighted by atomic mass is 15.6. The van der Waals surface area contributed by atoms with Crippen molar-refractivity contribution in [3.05, 3.63) is 168 Å². The minimum atomic E-state index is -0.707. The number of hydrogen-bond acceptors (Lipinski definition) is 0. The largest absolute Gasteiger partial charge is 0.394 e. The summed E-state index contributed by atoms with van der Waals surface area (Å²) in [5.41, 5.74) is 15.6. The zero-order valence-electron chi connectivity index (χ0n) is 29.0. The molecule has 5 aromatic heterocycles. The molecule has 0 N–H and O–H groups in total. The molecule has 6 heteroatoms. The molecule has 1 unspecified atom stereocenters. The van der Waals surface area contributed by atoms with Crippen molar-refractivity contribution >= 4 is 65.4 Å². The van der Waals surface area contributed by atoms with E-state index in [9.17, 15) is 0 Å². The molecule has 3 aliphatic rings. The zero-order chi connectivity index (χ0) is 34.5. The average Bonchev–Trinajstić information content (AvgIpc) is 3.97. The van der Waals surface area contributed by atoms with Crippen molar-refractivity contribution in [2.75, 3.05) is 0 Å². The van der Waals surface area contributed by atoms with Gasteiger partial charge in [0.05, 0.1) is 34.0 Å². The van der Waals surface area contributed by atoms with Gasteiger partial charge in [-0.3, -0.25) is 0 Å². The van der Waals surface area contributed by atoms with Gasteiger partial charge in [-0.25, -0.2) is 0 Å². The van der Waals surface area contributed by atoms with E-state index in [1.807, 2.05) is 0 Å². The summed E-state index contributed by atoms with van der Waals surface area (Å²) in [5.74, 6) is 1.16. The van der Waals surface area contributed by atoms with E-state index >= 15 is 0 Å². The number of rotatable bonds is 1. The lowest BCUT2D eigenvalue weighted by atomic mass is 9.82. The minimum Gasteiger partial charge on any atom is -0.307 e. The Morgan fingerprint density at radius 2 is 1.00 bits per heavy atom. The van der Waals surface area contributed by atoms with Crippen LogP contribution in [0.2, 0.25) is 0 Å². The first-order valence-corrected chi connectivity index (χ1v) is 18.5. The molecule has 0 saturated heterocycles. The van der Waals surface area contributed by atoms with Gasteiger partial charge in [0.1, 0.15) is 33.7 Å². The summed E-state index contributed by atoms with van der Waals surface area (Å²) in [6, 6.07) is 51.8. The molecular weight excluding hydrogens is 649 g/mol. The van der Waals surface area contributed by atoms with Gasteiger partial charge in [0.15, 0.2) is 5.52 Å². The van der Waals surface area contributed by atoms with Crippen LogP contribution in [0.15, 0.2) is 146 Å². The standard InChI is InChI=1S/C47H30N6/c1-27-44(49-35-18-7-3-14-29(35)30-15-4-8-19-36(30)49)28(2)53-47-42-39(22-13-23-40(42)52(27)53)50-37-20-9-5-16-31(37)33-26-34-32-17-6-10-21-38(32)51(46(34)43(47)45(33)50)41-24-11-12-25-48(41)47/h3-26H,1-2H3/q+2. The van der Waals surface area contributed by atoms with E-state index < -0.39 is 5.66 Å². The third-order valence-electron chi connectivity index (χ3n) is 12.8. The lowest BCUT2D eigenvalue weighted by molar-refractivity contribution is -0.995. The molecule has 8 heterocycles. The van der Waals surface area contributed by atoms with Gasteiger partial charge in [-0.15, -0.1) is 4.68 Å². The topological polar surface area (TPSA) is 27.5 Å². The van der Waals surface area contributed by atoms with Crippen LogP contribution in [-0.4, -0.2) is 18.4 Å². The second-order valence-corrected chi connectivity index (χ2v) is 15.0. The Bertz CT molecular complexity index is 3460. The predicted molar refractivity (Wildman–Crippen MR) is 210 cm³/mol. The number of aromatic nitrogens is 6. The number of nitrogens with zero attached hydrogens (tertiary/aromatic N) is 6. The quantitative estimate of drug-likeness (QED) is 0.155. The first-order chi connectivity index (χ1) is 26.2. The molecule has 6 nitrogen and oxygen atoms in total. The molecule has 53 heavy (non-hydrogen) atoms. The smallest absolute Gasteiger partial charge is 0.307 e. The molecule has 0 aliphatic carbocycles. The van der Waals surface area contributed by atoms with Crippen LogP contribution >= 0.6 is 0 Å². The van der Waals surface area contributed by atoms with Crippen LogP contribution in [0.1, 0.15) is 22.5 Å². The van der Waals surface area contributed by atoms with Gasteiger partial charge in [0.25, 0.3) is 5.82 Å². The molecule has 1 atom stereocenters. The van der Waals surface area contributed by atoms with E-state index in [1.54, 1.807) is 0 Å². The van der Waals surface area contributed by atoms with Crippen LogP contribution in [0.5, 0.6) is 0 Å². The van der Waals surface area contributed by atoms with E-state index in [-0.39, 0.29) is 0 Å². The Balaban J connectivity index is 1.28. The van der Waals surface area contributed by atoms with Crippen LogP contribution in [0.4, 0.5) is 0 Å². The maximum Gasteiger partial charge on any atom is 0.394 e. The van der Waals surface area contributed by atoms with Gasteiger partial charge in [-0.2, -0.15) is 9.13 Å². The van der Waals surface area contributed by atoms with Crippen molar-refractivity contribution in [3.63, 3.8) is 0 Å². The Kier molecular flexibility index (Phi) is 4.34. The van der Waals surface area contributed by atoms with Crippen LogP contribution < -0.4 is 9.25 Å². The van der Waals surface area contributed by atoms with Crippen molar-refractivity contribution in [1.82, 2.24) is 18.4 Å². The van der Waals surface area contributed by atoms with Crippen LogP contribution in [0.25, 0.3) is 88.3 Å².